The van der Waals surface area contributed by atoms with Crippen molar-refractivity contribution in [1.29, 1.82) is 0 Å². The smallest absolute Gasteiger partial charge is 0.107 e. The number of thiazole rings is 1. The zero-order valence-electron chi connectivity index (χ0n) is 10.2. The average molecular weight is 248 g/mol. The second-order valence-electron chi connectivity index (χ2n) is 4.62. The molecule has 0 bridgehead atoms. The molecule has 17 heavy (non-hydrogen) atoms. The summed E-state index contributed by atoms with van der Waals surface area (Å²) in [6.45, 7) is 7.19. The van der Waals surface area contributed by atoms with E-state index in [9.17, 15) is 0 Å². The van der Waals surface area contributed by atoms with Crippen LogP contribution in [0, 0.1) is 13.8 Å². The molecular formula is C12H16N4S. The van der Waals surface area contributed by atoms with Crippen molar-refractivity contribution in [3.8, 4) is 0 Å². The molecule has 0 aliphatic carbocycles. The summed E-state index contributed by atoms with van der Waals surface area (Å²) in [7, 11) is 0. The highest BCUT2D eigenvalue weighted by molar-refractivity contribution is 7.09. The lowest BCUT2D eigenvalue weighted by atomic mass is 10.1. The van der Waals surface area contributed by atoms with Gasteiger partial charge in [-0.25, -0.2) is 4.98 Å². The molecule has 2 aromatic rings. The van der Waals surface area contributed by atoms with Crippen LogP contribution in [-0.4, -0.2) is 26.6 Å². The van der Waals surface area contributed by atoms with Crippen LogP contribution in [0.15, 0.2) is 5.38 Å². The number of fused-ring (bicyclic) bond motifs is 1. The standard InChI is InChI=1S/C12H16N4S/c1-8-7-17-12(13-8)6-16-4-3-11-10(5-16)9(2)14-15-11/h7H,3-6H2,1-2H3,(H,14,15). The van der Waals surface area contributed by atoms with E-state index in [4.69, 9.17) is 0 Å². The van der Waals surface area contributed by atoms with E-state index >= 15 is 0 Å². The molecule has 3 heterocycles. The molecule has 1 aliphatic heterocycles. The fourth-order valence-electron chi connectivity index (χ4n) is 2.29. The third kappa shape index (κ3) is 2.12. The van der Waals surface area contributed by atoms with Crippen molar-refractivity contribution in [1.82, 2.24) is 20.1 Å². The molecule has 4 nitrogen and oxygen atoms in total. The lowest BCUT2D eigenvalue weighted by Crippen LogP contribution is -2.30. The van der Waals surface area contributed by atoms with E-state index in [1.165, 1.54) is 22.0 Å². The lowest BCUT2D eigenvalue weighted by molar-refractivity contribution is 0.244. The van der Waals surface area contributed by atoms with Gasteiger partial charge in [-0.2, -0.15) is 5.10 Å². The fraction of sp³-hybridized carbons (Fsp3) is 0.500. The Morgan fingerprint density at radius 1 is 1.47 bits per heavy atom. The van der Waals surface area contributed by atoms with E-state index in [1.807, 2.05) is 0 Å². The molecule has 0 amide bonds. The Kier molecular flexibility index (Phi) is 2.72. The van der Waals surface area contributed by atoms with Gasteiger partial charge in [-0.3, -0.25) is 10.00 Å². The van der Waals surface area contributed by atoms with E-state index in [0.717, 1.165) is 31.7 Å². The molecule has 3 rings (SSSR count). The quantitative estimate of drug-likeness (QED) is 0.884. The van der Waals surface area contributed by atoms with Gasteiger partial charge >= 0.3 is 0 Å². The number of aromatic nitrogens is 3. The minimum absolute atomic E-state index is 0.961. The Hall–Kier alpha value is -1.20. The molecule has 1 N–H and O–H groups in total. The Morgan fingerprint density at radius 3 is 3.12 bits per heavy atom. The number of aryl methyl sites for hydroxylation is 2. The van der Waals surface area contributed by atoms with Crippen LogP contribution in [0.4, 0.5) is 0 Å². The maximum atomic E-state index is 4.52. The van der Waals surface area contributed by atoms with Gasteiger partial charge in [0.15, 0.2) is 0 Å². The van der Waals surface area contributed by atoms with E-state index in [0.29, 0.717) is 0 Å². The minimum atomic E-state index is 0.961. The first kappa shape index (κ1) is 10.9. The summed E-state index contributed by atoms with van der Waals surface area (Å²) in [6.07, 6.45) is 1.05. The predicted molar refractivity (Wildman–Crippen MR) is 68.0 cm³/mol. The van der Waals surface area contributed by atoms with Gasteiger partial charge < -0.3 is 0 Å². The molecule has 0 spiro atoms. The van der Waals surface area contributed by atoms with Gasteiger partial charge in [-0.15, -0.1) is 11.3 Å². The first-order chi connectivity index (χ1) is 8.22. The molecule has 0 unspecified atom stereocenters. The van der Waals surface area contributed by atoms with Crippen LogP contribution in [0.3, 0.4) is 0 Å². The van der Waals surface area contributed by atoms with Crippen LogP contribution in [-0.2, 0) is 19.5 Å². The maximum Gasteiger partial charge on any atom is 0.107 e. The lowest BCUT2D eigenvalue weighted by Gasteiger charge is -2.25. The highest BCUT2D eigenvalue weighted by atomic mass is 32.1. The summed E-state index contributed by atoms with van der Waals surface area (Å²) < 4.78 is 0. The summed E-state index contributed by atoms with van der Waals surface area (Å²) in [5.74, 6) is 0. The molecule has 5 heteroatoms. The molecule has 0 saturated carbocycles. The molecule has 90 valence electrons. The summed E-state index contributed by atoms with van der Waals surface area (Å²) >= 11 is 1.75. The number of rotatable bonds is 2. The normalized spacial score (nSPS) is 16.1. The van der Waals surface area contributed by atoms with Gasteiger partial charge in [0.2, 0.25) is 0 Å². The first-order valence-electron chi connectivity index (χ1n) is 5.88. The second kappa shape index (κ2) is 4.23. The highest BCUT2D eigenvalue weighted by Gasteiger charge is 2.21. The summed E-state index contributed by atoms with van der Waals surface area (Å²) in [4.78, 5) is 6.97. The first-order valence-corrected chi connectivity index (χ1v) is 6.76. The van der Waals surface area contributed by atoms with Crippen LogP contribution in [0.5, 0.6) is 0 Å². The van der Waals surface area contributed by atoms with Crippen molar-refractivity contribution in [3.63, 3.8) is 0 Å². The van der Waals surface area contributed by atoms with E-state index in [2.05, 4.69) is 39.3 Å². The van der Waals surface area contributed by atoms with E-state index < -0.39 is 0 Å². The van der Waals surface area contributed by atoms with Gasteiger partial charge in [-0.05, 0) is 13.8 Å². The molecule has 0 atom stereocenters. The highest BCUT2D eigenvalue weighted by Crippen LogP contribution is 2.22. The van der Waals surface area contributed by atoms with Crippen molar-refractivity contribution in [2.75, 3.05) is 6.54 Å². The van der Waals surface area contributed by atoms with Crippen molar-refractivity contribution < 1.29 is 0 Å². The number of nitrogens with zero attached hydrogens (tertiary/aromatic N) is 3. The van der Waals surface area contributed by atoms with E-state index in [1.54, 1.807) is 11.3 Å². The average Bonchev–Trinajstić information content (AvgIpc) is 2.87. The van der Waals surface area contributed by atoms with Gasteiger partial charge in [-0.1, -0.05) is 0 Å². The molecule has 1 aliphatic rings. The fourth-order valence-corrected chi connectivity index (χ4v) is 3.10. The molecule has 0 saturated heterocycles. The summed E-state index contributed by atoms with van der Waals surface area (Å²) in [5.41, 5.74) is 4.96. The van der Waals surface area contributed by atoms with Gasteiger partial charge in [0.25, 0.3) is 0 Å². The van der Waals surface area contributed by atoms with Crippen molar-refractivity contribution in [2.24, 2.45) is 0 Å². The maximum absolute atomic E-state index is 4.52. The van der Waals surface area contributed by atoms with Crippen LogP contribution in [0.25, 0.3) is 0 Å². The van der Waals surface area contributed by atoms with Gasteiger partial charge in [0, 0.05) is 41.8 Å². The van der Waals surface area contributed by atoms with Gasteiger partial charge in [0.05, 0.1) is 12.2 Å². The third-order valence-electron chi connectivity index (χ3n) is 3.23. The molecule has 0 radical (unpaired) electrons. The number of nitrogens with one attached hydrogen (secondary N) is 1. The van der Waals surface area contributed by atoms with Crippen LogP contribution >= 0.6 is 11.3 Å². The number of hydrogen-bond acceptors (Lipinski definition) is 4. The zero-order valence-corrected chi connectivity index (χ0v) is 11.0. The Labute approximate surface area is 105 Å². The SMILES string of the molecule is Cc1csc(CN2CCc3n[nH]c(C)c3C2)n1. The van der Waals surface area contributed by atoms with E-state index in [-0.39, 0.29) is 0 Å². The minimum Gasteiger partial charge on any atom is -0.292 e. The molecular weight excluding hydrogens is 232 g/mol. The monoisotopic (exact) mass is 248 g/mol. The Morgan fingerprint density at radius 2 is 2.35 bits per heavy atom. The molecule has 2 aromatic heterocycles. The summed E-state index contributed by atoms with van der Waals surface area (Å²) in [5, 5.41) is 10.7. The summed E-state index contributed by atoms with van der Waals surface area (Å²) in [6, 6.07) is 0. The number of H-pyrrole nitrogens is 1. The molecule has 0 fully saturated rings. The van der Waals surface area contributed by atoms with Gasteiger partial charge in [0.1, 0.15) is 5.01 Å². The van der Waals surface area contributed by atoms with Crippen LogP contribution in [0.1, 0.15) is 27.7 Å². The number of aromatic amines is 1. The zero-order chi connectivity index (χ0) is 11.8. The van der Waals surface area contributed by atoms with Crippen LogP contribution in [0.2, 0.25) is 0 Å². The predicted octanol–water partition coefficient (Wildman–Crippen LogP) is 2.04. The second-order valence-corrected chi connectivity index (χ2v) is 5.56. The topological polar surface area (TPSA) is 44.8 Å². The number of hydrogen-bond donors (Lipinski definition) is 1. The Bertz CT molecular complexity index is 528. The van der Waals surface area contributed by atoms with Crippen molar-refractivity contribution in [2.45, 2.75) is 33.4 Å². The van der Waals surface area contributed by atoms with Crippen LogP contribution < -0.4 is 0 Å². The van der Waals surface area contributed by atoms with Crippen molar-refractivity contribution >= 4 is 11.3 Å². The molecule has 0 aromatic carbocycles. The third-order valence-corrected chi connectivity index (χ3v) is 4.18. The van der Waals surface area contributed by atoms with Crippen molar-refractivity contribution in [3.05, 3.63) is 33.0 Å². The largest absolute Gasteiger partial charge is 0.292 e. The Balaban J connectivity index is 1.73.